The molecule has 0 aliphatic rings. The molecule has 0 saturated heterocycles. The van der Waals surface area contributed by atoms with Crippen molar-refractivity contribution in [3.8, 4) is 11.5 Å². The summed E-state index contributed by atoms with van der Waals surface area (Å²) in [5, 5.41) is 0. The maximum absolute atomic E-state index is 10.9. The molecular formula is C11H16O4S. The zero-order valence-corrected chi connectivity index (χ0v) is 10.5. The molecule has 0 amide bonds. The molecule has 5 heteroatoms. The molecule has 1 rings (SSSR count). The Morgan fingerprint density at radius 1 is 1.25 bits per heavy atom. The highest BCUT2D eigenvalue weighted by Gasteiger charge is 2.06. The Balaban J connectivity index is 2.67. The molecule has 90 valence electrons. The third-order valence-electron chi connectivity index (χ3n) is 2.03. The van der Waals surface area contributed by atoms with Crippen molar-refractivity contribution in [2.45, 2.75) is 6.92 Å². The van der Waals surface area contributed by atoms with Gasteiger partial charge < -0.3 is 9.47 Å². The van der Waals surface area contributed by atoms with Crippen LogP contribution in [0.4, 0.5) is 0 Å². The molecule has 0 saturated carbocycles. The molecule has 0 fully saturated rings. The normalized spacial score (nSPS) is 11.2. The van der Waals surface area contributed by atoms with Gasteiger partial charge in [-0.05, 0) is 24.6 Å². The average Bonchev–Trinajstić information content (AvgIpc) is 2.18. The fourth-order valence-electron chi connectivity index (χ4n) is 1.20. The van der Waals surface area contributed by atoms with Gasteiger partial charge in [-0.15, -0.1) is 0 Å². The van der Waals surface area contributed by atoms with E-state index < -0.39 is 9.84 Å². The Labute approximate surface area is 96.1 Å². The summed E-state index contributed by atoms with van der Waals surface area (Å²) in [5.41, 5.74) is 1.06. The van der Waals surface area contributed by atoms with Crippen molar-refractivity contribution in [3.63, 3.8) is 0 Å². The number of ether oxygens (including phenoxy) is 2. The van der Waals surface area contributed by atoms with Gasteiger partial charge in [0.2, 0.25) is 0 Å². The van der Waals surface area contributed by atoms with Crippen molar-refractivity contribution in [3.05, 3.63) is 23.8 Å². The molecule has 0 radical (unpaired) electrons. The topological polar surface area (TPSA) is 52.6 Å². The van der Waals surface area contributed by atoms with Gasteiger partial charge in [0.15, 0.2) is 21.3 Å². The second kappa shape index (κ2) is 5.21. The maximum atomic E-state index is 10.9. The van der Waals surface area contributed by atoms with E-state index in [0.29, 0.717) is 11.5 Å². The molecule has 0 unspecified atom stereocenters. The third-order valence-corrected chi connectivity index (χ3v) is 2.94. The minimum Gasteiger partial charge on any atom is -0.493 e. The van der Waals surface area contributed by atoms with Crippen LogP contribution in [-0.2, 0) is 9.84 Å². The first-order valence-electron chi connectivity index (χ1n) is 4.87. The largest absolute Gasteiger partial charge is 0.493 e. The van der Waals surface area contributed by atoms with Crippen molar-refractivity contribution >= 4 is 9.84 Å². The third kappa shape index (κ3) is 4.10. The molecule has 0 aromatic heterocycles. The van der Waals surface area contributed by atoms with Crippen molar-refractivity contribution in [1.82, 2.24) is 0 Å². The SMILES string of the molecule is COc1cc(C)ccc1OCCS(C)(=O)=O. The number of hydrogen-bond acceptors (Lipinski definition) is 4. The van der Waals surface area contributed by atoms with Gasteiger partial charge in [0.05, 0.1) is 12.9 Å². The predicted octanol–water partition coefficient (Wildman–Crippen LogP) is 1.43. The van der Waals surface area contributed by atoms with Crippen LogP contribution >= 0.6 is 0 Å². The Bertz CT molecular complexity index is 451. The number of rotatable bonds is 5. The average molecular weight is 244 g/mol. The Morgan fingerprint density at radius 2 is 1.94 bits per heavy atom. The van der Waals surface area contributed by atoms with Crippen LogP contribution in [0.2, 0.25) is 0 Å². The summed E-state index contributed by atoms with van der Waals surface area (Å²) in [6.07, 6.45) is 1.18. The summed E-state index contributed by atoms with van der Waals surface area (Å²) in [6.45, 7) is 2.08. The van der Waals surface area contributed by atoms with Crippen molar-refractivity contribution in [2.75, 3.05) is 25.7 Å². The van der Waals surface area contributed by atoms with Gasteiger partial charge in [-0.1, -0.05) is 6.07 Å². The standard InChI is InChI=1S/C11H16O4S/c1-9-4-5-10(11(8-9)14-2)15-6-7-16(3,12)13/h4-5,8H,6-7H2,1-3H3. The van der Waals surface area contributed by atoms with E-state index in [1.165, 1.54) is 6.26 Å². The summed E-state index contributed by atoms with van der Waals surface area (Å²) in [5.74, 6) is 1.19. The van der Waals surface area contributed by atoms with Crippen LogP contribution in [0.1, 0.15) is 5.56 Å². The molecular weight excluding hydrogens is 228 g/mol. The molecule has 16 heavy (non-hydrogen) atoms. The predicted molar refractivity (Wildman–Crippen MR) is 62.9 cm³/mol. The van der Waals surface area contributed by atoms with E-state index in [1.54, 1.807) is 13.2 Å². The number of benzene rings is 1. The zero-order chi connectivity index (χ0) is 12.2. The molecule has 0 aliphatic carbocycles. The summed E-state index contributed by atoms with van der Waals surface area (Å²) < 4.78 is 32.3. The molecule has 1 aromatic rings. The van der Waals surface area contributed by atoms with E-state index in [0.717, 1.165) is 5.56 Å². The highest BCUT2D eigenvalue weighted by atomic mass is 32.2. The van der Waals surface area contributed by atoms with Crippen molar-refractivity contribution in [1.29, 1.82) is 0 Å². The van der Waals surface area contributed by atoms with Crippen molar-refractivity contribution < 1.29 is 17.9 Å². The van der Waals surface area contributed by atoms with Gasteiger partial charge in [-0.25, -0.2) is 8.42 Å². The minimum absolute atomic E-state index is 0.00400. The monoisotopic (exact) mass is 244 g/mol. The lowest BCUT2D eigenvalue weighted by molar-refractivity contribution is 0.311. The van der Waals surface area contributed by atoms with Crippen LogP contribution in [0, 0.1) is 6.92 Å². The van der Waals surface area contributed by atoms with Crippen LogP contribution in [0.5, 0.6) is 11.5 Å². The molecule has 1 aromatic carbocycles. The fourth-order valence-corrected chi connectivity index (χ4v) is 1.58. The lowest BCUT2D eigenvalue weighted by atomic mass is 10.2. The van der Waals surface area contributed by atoms with Crippen LogP contribution in [-0.4, -0.2) is 34.1 Å². The van der Waals surface area contributed by atoms with Gasteiger partial charge in [-0.2, -0.15) is 0 Å². The summed E-state index contributed by atoms with van der Waals surface area (Å²) >= 11 is 0. The number of hydrogen-bond donors (Lipinski definition) is 0. The molecule has 0 bridgehead atoms. The second-order valence-electron chi connectivity index (χ2n) is 3.63. The Hall–Kier alpha value is -1.23. The molecule has 4 nitrogen and oxygen atoms in total. The van der Waals surface area contributed by atoms with Gasteiger partial charge in [0, 0.05) is 6.26 Å². The van der Waals surface area contributed by atoms with Gasteiger partial charge >= 0.3 is 0 Å². The Morgan fingerprint density at radius 3 is 2.50 bits per heavy atom. The lowest BCUT2D eigenvalue weighted by Gasteiger charge is -2.10. The first-order chi connectivity index (χ1) is 7.42. The molecule has 0 atom stereocenters. The van der Waals surface area contributed by atoms with Crippen LogP contribution < -0.4 is 9.47 Å². The Kier molecular flexibility index (Phi) is 4.18. The first-order valence-corrected chi connectivity index (χ1v) is 6.93. The zero-order valence-electron chi connectivity index (χ0n) is 9.69. The lowest BCUT2D eigenvalue weighted by Crippen LogP contribution is -2.12. The number of methoxy groups -OCH3 is 1. The van der Waals surface area contributed by atoms with E-state index in [1.807, 2.05) is 19.1 Å². The van der Waals surface area contributed by atoms with E-state index in [2.05, 4.69) is 0 Å². The first kappa shape index (κ1) is 12.8. The highest BCUT2D eigenvalue weighted by Crippen LogP contribution is 2.27. The number of aryl methyl sites for hydroxylation is 1. The highest BCUT2D eigenvalue weighted by molar-refractivity contribution is 7.90. The van der Waals surface area contributed by atoms with Crippen LogP contribution in [0.15, 0.2) is 18.2 Å². The van der Waals surface area contributed by atoms with E-state index in [9.17, 15) is 8.42 Å². The van der Waals surface area contributed by atoms with Crippen LogP contribution in [0.25, 0.3) is 0 Å². The molecule has 0 spiro atoms. The molecule has 0 aliphatic heterocycles. The maximum Gasteiger partial charge on any atom is 0.161 e. The van der Waals surface area contributed by atoms with Gasteiger partial charge in [-0.3, -0.25) is 0 Å². The van der Waals surface area contributed by atoms with Crippen LogP contribution in [0.3, 0.4) is 0 Å². The number of sulfone groups is 1. The quantitative estimate of drug-likeness (QED) is 0.786. The molecule has 0 N–H and O–H groups in total. The summed E-state index contributed by atoms with van der Waals surface area (Å²) in [4.78, 5) is 0. The smallest absolute Gasteiger partial charge is 0.161 e. The fraction of sp³-hybridized carbons (Fsp3) is 0.455. The summed E-state index contributed by atoms with van der Waals surface area (Å²) in [7, 11) is -1.43. The van der Waals surface area contributed by atoms with Crippen molar-refractivity contribution in [2.24, 2.45) is 0 Å². The van der Waals surface area contributed by atoms with E-state index in [4.69, 9.17) is 9.47 Å². The van der Waals surface area contributed by atoms with Gasteiger partial charge in [0.1, 0.15) is 6.61 Å². The molecule has 0 heterocycles. The minimum atomic E-state index is -2.99. The summed E-state index contributed by atoms with van der Waals surface area (Å²) in [6, 6.07) is 5.50. The van der Waals surface area contributed by atoms with Gasteiger partial charge in [0.25, 0.3) is 0 Å². The van der Waals surface area contributed by atoms with E-state index in [-0.39, 0.29) is 12.4 Å². The second-order valence-corrected chi connectivity index (χ2v) is 5.89. The van der Waals surface area contributed by atoms with E-state index >= 15 is 0 Å².